The van der Waals surface area contributed by atoms with Crippen LogP contribution in [0.1, 0.15) is 6.92 Å². The second-order valence-corrected chi connectivity index (χ2v) is 2.45. The molecule has 0 unspecified atom stereocenters. The number of rotatable bonds is 6. The minimum Gasteiger partial charge on any atom is -0.409 e. The van der Waals surface area contributed by atoms with Crippen LogP contribution in [-0.2, 0) is 4.74 Å². The molecule has 3 N–H and O–H groups in total. The first-order valence-electron chi connectivity index (χ1n) is 3.92. The number of hydrogen-bond donors (Lipinski definition) is 2. The van der Waals surface area contributed by atoms with Crippen LogP contribution in [0.25, 0.3) is 0 Å². The molecule has 0 atom stereocenters. The molecule has 0 fully saturated rings. The first kappa shape index (κ1) is 11.2. The molecule has 5 heteroatoms. The Labute approximate surface area is 72.8 Å². The van der Waals surface area contributed by atoms with Crippen LogP contribution < -0.4 is 5.73 Å². The first-order chi connectivity index (χ1) is 5.74. The fourth-order valence-corrected chi connectivity index (χ4v) is 0.830. The zero-order valence-corrected chi connectivity index (χ0v) is 7.66. The summed E-state index contributed by atoms with van der Waals surface area (Å²) >= 11 is 0. The van der Waals surface area contributed by atoms with Crippen LogP contribution in [0.3, 0.4) is 0 Å². The predicted octanol–water partition coefficient (Wildman–Crippen LogP) is -0.299. The van der Waals surface area contributed by atoms with Gasteiger partial charge in [-0.1, -0.05) is 12.1 Å². The number of amidine groups is 1. The molecule has 0 saturated heterocycles. The minimum atomic E-state index is 0.230. The third kappa shape index (κ3) is 4.92. The van der Waals surface area contributed by atoms with Crippen molar-refractivity contribution in [2.75, 3.05) is 33.4 Å². The van der Waals surface area contributed by atoms with Gasteiger partial charge < -0.3 is 15.7 Å². The Morgan fingerprint density at radius 1 is 1.67 bits per heavy atom. The molecule has 0 aromatic heterocycles. The van der Waals surface area contributed by atoms with Gasteiger partial charge in [0.05, 0.1) is 13.2 Å². The molecule has 0 bridgehead atoms. The van der Waals surface area contributed by atoms with Gasteiger partial charge in [0.15, 0.2) is 5.84 Å². The molecule has 0 aromatic carbocycles. The molecule has 0 aliphatic rings. The molecule has 12 heavy (non-hydrogen) atoms. The van der Waals surface area contributed by atoms with Crippen molar-refractivity contribution in [2.24, 2.45) is 10.9 Å². The third-order valence-corrected chi connectivity index (χ3v) is 1.57. The van der Waals surface area contributed by atoms with E-state index in [1.165, 1.54) is 0 Å². The van der Waals surface area contributed by atoms with E-state index in [9.17, 15) is 0 Å². The highest BCUT2D eigenvalue weighted by atomic mass is 16.5. The number of methoxy groups -OCH3 is 1. The van der Waals surface area contributed by atoms with Gasteiger partial charge in [-0.2, -0.15) is 0 Å². The second-order valence-electron chi connectivity index (χ2n) is 2.45. The molecule has 0 aliphatic carbocycles. The van der Waals surface area contributed by atoms with Crippen LogP contribution >= 0.6 is 0 Å². The number of nitrogens with two attached hydrogens (primary N) is 1. The number of ether oxygens (including phenoxy) is 1. The van der Waals surface area contributed by atoms with Gasteiger partial charge in [-0.3, -0.25) is 4.90 Å². The fourth-order valence-electron chi connectivity index (χ4n) is 0.830. The maximum Gasteiger partial charge on any atom is 0.153 e. The maximum atomic E-state index is 8.31. The quantitative estimate of drug-likeness (QED) is 0.252. The van der Waals surface area contributed by atoms with Crippen molar-refractivity contribution in [1.29, 1.82) is 0 Å². The summed E-state index contributed by atoms with van der Waals surface area (Å²) in [6.07, 6.45) is 0. The third-order valence-electron chi connectivity index (χ3n) is 1.57. The Hall–Kier alpha value is -0.810. The van der Waals surface area contributed by atoms with E-state index >= 15 is 0 Å². The summed E-state index contributed by atoms with van der Waals surface area (Å²) in [7, 11) is 1.65. The van der Waals surface area contributed by atoms with E-state index in [2.05, 4.69) is 5.16 Å². The SMILES string of the molecule is CCN(CCOC)CC(N)=NO. The summed E-state index contributed by atoms with van der Waals surface area (Å²) in [5, 5.41) is 11.2. The minimum absolute atomic E-state index is 0.230. The molecular weight excluding hydrogens is 158 g/mol. The Bertz CT molecular complexity index is 139. The molecule has 0 heterocycles. The fraction of sp³-hybridized carbons (Fsp3) is 0.857. The van der Waals surface area contributed by atoms with Gasteiger partial charge in [0, 0.05) is 13.7 Å². The van der Waals surface area contributed by atoms with Crippen molar-refractivity contribution in [2.45, 2.75) is 6.92 Å². The largest absolute Gasteiger partial charge is 0.409 e. The van der Waals surface area contributed by atoms with Gasteiger partial charge in [-0.05, 0) is 6.54 Å². The van der Waals surface area contributed by atoms with Crippen LogP contribution in [-0.4, -0.2) is 49.3 Å². The van der Waals surface area contributed by atoms with E-state index in [1.807, 2.05) is 11.8 Å². The Morgan fingerprint density at radius 3 is 2.75 bits per heavy atom. The summed E-state index contributed by atoms with van der Waals surface area (Å²) in [5.74, 6) is 0.230. The highest BCUT2D eigenvalue weighted by molar-refractivity contribution is 5.81. The van der Waals surface area contributed by atoms with Gasteiger partial charge in [-0.15, -0.1) is 0 Å². The summed E-state index contributed by atoms with van der Waals surface area (Å²) in [6.45, 7) is 4.81. The first-order valence-corrected chi connectivity index (χ1v) is 3.92. The van der Waals surface area contributed by atoms with Crippen molar-refractivity contribution >= 4 is 5.84 Å². The summed E-state index contributed by atoms with van der Waals surface area (Å²) in [6, 6.07) is 0. The lowest BCUT2D eigenvalue weighted by Crippen LogP contribution is -2.35. The van der Waals surface area contributed by atoms with Gasteiger partial charge in [0.2, 0.25) is 0 Å². The number of nitrogens with zero attached hydrogens (tertiary/aromatic N) is 2. The van der Waals surface area contributed by atoms with Crippen LogP contribution in [0.5, 0.6) is 0 Å². The van der Waals surface area contributed by atoms with Crippen molar-refractivity contribution in [3.8, 4) is 0 Å². The second kappa shape index (κ2) is 6.87. The molecular formula is C7H17N3O2. The molecule has 72 valence electrons. The average Bonchev–Trinajstić information content (AvgIpc) is 2.11. The van der Waals surface area contributed by atoms with E-state index in [4.69, 9.17) is 15.7 Å². The topological polar surface area (TPSA) is 71.1 Å². The van der Waals surface area contributed by atoms with E-state index in [0.29, 0.717) is 13.2 Å². The molecule has 0 rings (SSSR count). The van der Waals surface area contributed by atoms with E-state index in [1.54, 1.807) is 7.11 Å². The Balaban J connectivity index is 3.67. The molecule has 0 aliphatic heterocycles. The molecule has 5 nitrogen and oxygen atoms in total. The van der Waals surface area contributed by atoms with Crippen LogP contribution in [0.4, 0.5) is 0 Å². The van der Waals surface area contributed by atoms with Crippen LogP contribution in [0, 0.1) is 0 Å². The van der Waals surface area contributed by atoms with Crippen LogP contribution in [0.15, 0.2) is 5.16 Å². The highest BCUT2D eigenvalue weighted by Gasteiger charge is 2.03. The Morgan fingerprint density at radius 2 is 2.33 bits per heavy atom. The lowest BCUT2D eigenvalue weighted by Gasteiger charge is -2.18. The standard InChI is InChI=1S/C7H17N3O2/c1-3-10(4-5-12-2)6-7(8)9-11/h11H,3-6H2,1-2H3,(H2,8,9). The smallest absolute Gasteiger partial charge is 0.153 e. The van der Waals surface area contributed by atoms with Gasteiger partial charge in [0.25, 0.3) is 0 Å². The zero-order valence-electron chi connectivity index (χ0n) is 7.66. The van der Waals surface area contributed by atoms with E-state index in [0.717, 1.165) is 13.1 Å². The van der Waals surface area contributed by atoms with Crippen molar-refractivity contribution in [1.82, 2.24) is 4.90 Å². The molecule has 0 radical (unpaired) electrons. The molecule has 0 amide bonds. The predicted molar refractivity (Wildman–Crippen MR) is 47.4 cm³/mol. The number of oxime groups is 1. The van der Waals surface area contributed by atoms with Gasteiger partial charge in [0.1, 0.15) is 0 Å². The average molecular weight is 175 g/mol. The number of likely N-dealkylation sites (N-methyl/N-ethyl adjacent to an activating group) is 1. The monoisotopic (exact) mass is 175 g/mol. The normalized spacial score (nSPS) is 12.4. The van der Waals surface area contributed by atoms with Gasteiger partial charge >= 0.3 is 0 Å². The summed E-state index contributed by atoms with van der Waals surface area (Å²) < 4.78 is 4.90. The molecule has 0 saturated carbocycles. The maximum absolute atomic E-state index is 8.31. The van der Waals surface area contributed by atoms with Crippen LogP contribution in [0.2, 0.25) is 0 Å². The highest BCUT2D eigenvalue weighted by Crippen LogP contribution is 1.86. The molecule has 0 spiro atoms. The van der Waals surface area contributed by atoms with Crippen molar-refractivity contribution in [3.63, 3.8) is 0 Å². The zero-order chi connectivity index (χ0) is 9.40. The molecule has 0 aromatic rings. The van der Waals surface area contributed by atoms with E-state index in [-0.39, 0.29) is 5.84 Å². The summed E-state index contributed by atoms with van der Waals surface area (Å²) in [5.41, 5.74) is 5.34. The van der Waals surface area contributed by atoms with Crippen molar-refractivity contribution in [3.05, 3.63) is 0 Å². The summed E-state index contributed by atoms with van der Waals surface area (Å²) in [4.78, 5) is 2.03. The Kier molecular flexibility index (Phi) is 6.41. The van der Waals surface area contributed by atoms with E-state index < -0.39 is 0 Å². The number of hydrogen-bond acceptors (Lipinski definition) is 4. The van der Waals surface area contributed by atoms with Crippen molar-refractivity contribution < 1.29 is 9.94 Å². The lowest BCUT2D eigenvalue weighted by molar-refractivity contribution is 0.158. The lowest BCUT2D eigenvalue weighted by atomic mass is 10.4. The van der Waals surface area contributed by atoms with Gasteiger partial charge in [-0.25, -0.2) is 0 Å².